The minimum Gasteiger partial charge on any atom is -0.456 e. The molecule has 1 aromatic rings. The summed E-state index contributed by atoms with van der Waals surface area (Å²) < 4.78 is 5.08. The van der Waals surface area contributed by atoms with Crippen LogP contribution in [-0.2, 0) is 14.9 Å². The number of esters is 1. The van der Waals surface area contributed by atoms with Crippen molar-refractivity contribution >= 4 is 33.4 Å². The monoisotopic (exact) mass is 369 g/mol. The quantitative estimate of drug-likeness (QED) is 0.116. The van der Waals surface area contributed by atoms with Crippen molar-refractivity contribution in [3.63, 3.8) is 0 Å². The number of ether oxygens (including phenoxy) is 1. The molecular formula is C15H16BrNO5. The number of nitrogens with zero attached hydrogens (tertiary/aromatic N) is 1. The molecule has 0 aromatic heterocycles. The molecular weight excluding hydrogens is 354 g/mol. The highest BCUT2D eigenvalue weighted by atomic mass is 79.9. The zero-order valence-electron chi connectivity index (χ0n) is 12.5. The summed E-state index contributed by atoms with van der Waals surface area (Å²) in [5.74, 6) is -1.70. The fourth-order valence-electron chi connectivity index (χ4n) is 1.70. The van der Waals surface area contributed by atoms with Crippen molar-refractivity contribution in [3.05, 3.63) is 51.6 Å². The standard InChI is InChI=1S/C15H16BrNO5/c1-9(14(19)22-15(2,3)4)13(18)12-10(8-16)6-5-7-11(12)17(20)21/h5-7H,1,8H2,2-4H3. The fourth-order valence-corrected chi connectivity index (χ4v) is 2.16. The highest BCUT2D eigenvalue weighted by Gasteiger charge is 2.30. The average molecular weight is 370 g/mol. The number of carbonyl (C=O) groups excluding carboxylic acids is 2. The lowest BCUT2D eigenvalue weighted by Gasteiger charge is -2.20. The smallest absolute Gasteiger partial charge is 0.342 e. The molecule has 0 fully saturated rings. The highest BCUT2D eigenvalue weighted by molar-refractivity contribution is 9.08. The van der Waals surface area contributed by atoms with Gasteiger partial charge in [-0.05, 0) is 26.3 Å². The molecule has 0 saturated carbocycles. The first kappa shape index (κ1) is 18.0. The van der Waals surface area contributed by atoms with Gasteiger partial charge in [0.2, 0.25) is 5.78 Å². The molecule has 0 aliphatic heterocycles. The number of hydrogen-bond donors (Lipinski definition) is 0. The molecule has 22 heavy (non-hydrogen) atoms. The van der Waals surface area contributed by atoms with Crippen LogP contribution < -0.4 is 0 Å². The summed E-state index contributed by atoms with van der Waals surface area (Å²) in [6.07, 6.45) is 0. The SMILES string of the molecule is C=C(C(=O)OC(C)(C)C)C(=O)c1c(CBr)cccc1[N+](=O)[O-]. The van der Waals surface area contributed by atoms with Gasteiger partial charge in [-0.3, -0.25) is 14.9 Å². The number of rotatable bonds is 5. The van der Waals surface area contributed by atoms with Crippen LogP contribution in [-0.4, -0.2) is 22.3 Å². The Labute approximate surface area is 136 Å². The summed E-state index contributed by atoms with van der Waals surface area (Å²) in [7, 11) is 0. The summed E-state index contributed by atoms with van der Waals surface area (Å²) in [4.78, 5) is 34.8. The maximum Gasteiger partial charge on any atom is 0.342 e. The van der Waals surface area contributed by atoms with Crippen LogP contribution in [0, 0.1) is 10.1 Å². The van der Waals surface area contributed by atoms with Crippen LogP contribution in [0.3, 0.4) is 0 Å². The van der Waals surface area contributed by atoms with Gasteiger partial charge in [0.05, 0.1) is 4.92 Å². The number of hydrogen-bond acceptors (Lipinski definition) is 5. The molecule has 0 aliphatic carbocycles. The lowest BCUT2D eigenvalue weighted by molar-refractivity contribution is -0.385. The summed E-state index contributed by atoms with van der Waals surface area (Å²) in [6, 6.07) is 4.25. The zero-order valence-corrected chi connectivity index (χ0v) is 14.1. The van der Waals surface area contributed by atoms with Crippen molar-refractivity contribution in [2.24, 2.45) is 0 Å². The van der Waals surface area contributed by atoms with E-state index in [-0.39, 0.29) is 16.6 Å². The average Bonchev–Trinajstić information content (AvgIpc) is 2.42. The number of Topliss-reactive ketones (excluding diaryl/α,β-unsaturated/α-hetero) is 1. The number of ketones is 1. The van der Waals surface area contributed by atoms with Crippen LogP contribution in [0.2, 0.25) is 0 Å². The van der Waals surface area contributed by atoms with E-state index in [0.717, 1.165) is 0 Å². The lowest BCUT2D eigenvalue weighted by Crippen LogP contribution is -2.27. The first-order valence-corrected chi connectivity index (χ1v) is 7.50. The Hall–Kier alpha value is -2.02. The molecule has 1 aromatic carbocycles. The Bertz CT molecular complexity index is 646. The third-order valence-electron chi connectivity index (χ3n) is 2.62. The zero-order chi connectivity index (χ0) is 17.1. The molecule has 0 N–H and O–H groups in total. The molecule has 0 radical (unpaired) electrons. The summed E-state index contributed by atoms with van der Waals surface area (Å²) in [6.45, 7) is 8.38. The van der Waals surface area contributed by atoms with E-state index in [1.54, 1.807) is 26.8 Å². The molecule has 0 unspecified atom stereocenters. The van der Waals surface area contributed by atoms with Crippen LogP contribution in [0.25, 0.3) is 0 Å². The molecule has 0 saturated heterocycles. The number of nitro benzene ring substituents is 1. The van der Waals surface area contributed by atoms with Gasteiger partial charge in [-0.2, -0.15) is 0 Å². The number of halogens is 1. The predicted molar refractivity (Wildman–Crippen MR) is 85.0 cm³/mol. The lowest BCUT2D eigenvalue weighted by atomic mass is 9.98. The Morgan fingerprint density at radius 1 is 1.36 bits per heavy atom. The molecule has 0 spiro atoms. The first-order valence-electron chi connectivity index (χ1n) is 6.37. The number of benzene rings is 1. The van der Waals surface area contributed by atoms with E-state index < -0.39 is 27.9 Å². The second-order valence-electron chi connectivity index (χ2n) is 5.51. The van der Waals surface area contributed by atoms with Gasteiger partial charge in [-0.25, -0.2) is 4.79 Å². The molecule has 7 heteroatoms. The summed E-state index contributed by atoms with van der Waals surface area (Å²) in [5.41, 5.74) is -1.34. The van der Waals surface area contributed by atoms with Crippen LogP contribution >= 0.6 is 15.9 Å². The maximum absolute atomic E-state index is 12.5. The molecule has 1 rings (SSSR count). The van der Waals surface area contributed by atoms with E-state index in [0.29, 0.717) is 5.56 Å². The van der Waals surface area contributed by atoms with Gasteiger partial charge in [-0.1, -0.05) is 34.6 Å². The van der Waals surface area contributed by atoms with Crippen molar-refractivity contribution in [3.8, 4) is 0 Å². The number of carbonyl (C=O) groups is 2. The number of alkyl halides is 1. The molecule has 0 atom stereocenters. The third kappa shape index (κ3) is 4.24. The van der Waals surface area contributed by atoms with Gasteiger partial charge >= 0.3 is 5.97 Å². The predicted octanol–water partition coefficient (Wildman–Crippen LogP) is 3.57. The molecule has 0 aliphatic rings. The van der Waals surface area contributed by atoms with Crippen LogP contribution in [0.5, 0.6) is 0 Å². The van der Waals surface area contributed by atoms with Crippen molar-refractivity contribution < 1.29 is 19.2 Å². The molecule has 0 heterocycles. The molecule has 0 amide bonds. The Morgan fingerprint density at radius 2 is 1.95 bits per heavy atom. The van der Waals surface area contributed by atoms with E-state index in [1.165, 1.54) is 12.1 Å². The van der Waals surface area contributed by atoms with E-state index in [1.807, 2.05) is 0 Å². The largest absolute Gasteiger partial charge is 0.456 e. The molecule has 0 bridgehead atoms. The first-order chi connectivity index (χ1) is 10.1. The molecule has 6 nitrogen and oxygen atoms in total. The van der Waals surface area contributed by atoms with Gasteiger partial charge in [0.15, 0.2) is 0 Å². The van der Waals surface area contributed by atoms with Gasteiger partial charge in [0.1, 0.15) is 16.7 Å². The van der Waals surface area contributed by atoms with Gasteiger partial charge in [0, 0.05) is 11.4 Å². The van der Waals surface area contributed by atoms with Gasteiger partial charge < -0.3 is 4.74 Å². The van der Waals surface area contributed by atoms with E-state index >= 15 is 0 Å². The van der Waals surface area contributed by atoms with Crippen molar-refractivity contribution in [1.29, 1.82) is 0 Å². The maximum atomic E-state index is 12.5. The second-order valence-corrected chi connectivity index (χ2v) is 6.07. The Balaban J connectivity index is 3.25. The van der Waals surface area contributed by atoms with Gasteiger partial charge in [0.25, 0.3) is 5.69 Å². The van der Waals surface area contributed by atoms with E-state index in [9.17, 15) is 19.7 Å². The van der Waals surface area contributed by atoms with Crippen molar-refractivity contribution in [1.82, 2.24) is 0 Å². The van der Waals surface area contributed by atoms with Crippen LogP contribution in [0.15, 0.2) is 30.4 Å². The van der Waals surface area contributed by atoms with E-state index in [4.69, 9.17) is 4.74 Å². The summed E-state index contributed by atoms with van der Waals surface area (Å²) in [5, 5.41) is 11.3. The van der Waals surface area contributed by atoms with E-state index in [2.05, 4.69) is 22.5 Å². The van der Waals surface area contributed by atoms with Crippen molar-refractivity contribution in [2.75, 3.05) is 0 Å². The Morgan fingerprint density at radius 3 is 2.41 bits per heavy atom. The number of nitro groups is 1. The normalized spacial score (nSPS) is 10.9. The minimum atomic E-state index is -0.892. The van der Waals surface area contributed by atoms with Gasteiger partial charge in [-0.15, -0.1) is 0 Å². The minimum absolute atomic E-state index is 0.153. The van der Waals surface area contributed by atoms with Crippen LogP contribution in [0.1, 0.15) is 36.7 Å². The third-order valence-corrected chi connectivity index (χ3v) is 3.22. The summed E-state index contributed by atoms with van der Waals surface area (Å²) >= 11 is 3.17. The van der Waals surface area contributed by atoms with Crippen molar-refractivity contribution in [2.45, 2.75) is 31.7 Å². The molecule has 118 valence electrons. The van der Waals surface area contributed by atoms with Crippen LogP contribution in [0.4, 0.5) is 5.69 Å². The second kappa shape index (κ2) is 6.83. The fraction of sp³-hybridized carbons (Fsp3) is 0.333. The highest BCUT2D eigenvalue weighted by Crippen LogP contribution is 2.27. The topological polar surface area (TPSA) is 86.5 Å². The Kier molecular flexibility index (Phi) is 5.59.